The molecular weight excluding hydrogens is 253 g/mol. The van der Waals surface area contributed by atoms with Crippen molar-refractivity contribution in [2.24, 2.45) is 12.8 Å². The SMILES string of the molecule is Cn1c(Cc2ccc(F)c(CN)c2)nc2ccccc21. The van der Waals surface area contributed by atoms with E-state index in [0.717, 1.165) is 22.4 Å². The Morgan fingerprint density at radius 2 is 2.00 bits per heavy atom. The van der Waals surface area contributed by atoms with Crippen LogP contribution in [0, 0.1) is 5.82 Å². The molecule has 0 saturated heterocycles. The van der Waals surface area contributed by atoms with E-state index in [-0.39, 0.29) is 12.4 Å². The van der Waals surface area contributed by atoms with Crippen LogP contribution in [0.1, 0.15) is 17.0 Å². The summed E-state index contributed by atoms with van der Waals surface area (Å²) in [7, 11) is 2.00. The highest BCUT2D eigenvalue weighted by Crippen LogP contribution is 2.18. The molecule has 3 rings (SSSR count). The van der Waals surface area contributed by atoms with Crippen LogP contribution >= 0.6 is 0 Å². The molecule has 0 spiro atoms. The highest BCUT2D eigenvalue weighted by molar-refractivity contribution is 5.75. The van der Waals surface area contributed by atoms with Gasteiger partial charge >= 0.3 is 0 Å². The second-order valence-electron chi connectivity index (χ2n) is 4.88. The molecule has 2 N–H and O–H groups in total. The van der Waals surface area contributed by atoms with Gasteiger partial charge in [-0.1, -0.05) is 24.3 Å². The van der Waals surface area contributed by atoms with Crippen LogP contribution in [0.25, 0.3) is 11.0 Å². The van der Waals surface area contributed by atoms with Crippen molar-refractivity contribution < 1.29 is 4.39 Å². The molecule has 0 radical (unpaired) electrons. The molecule has 0 unspecified atom stereocenters. The van der Waals surface area contributed by atoms with Crippen LogP contribution in [0.3, 0.4) is 0 Å². The van der Waals surface area contributed by atoms with Gasteiger partial charge in [0.1, 0.15) is 11.6 Å². The first-order valence-corrected chi connectivity index (χ1v) is 6.56. The maximum Gasteiger partial charge on any atom is 0.127 e. The zero-order valence-electron chi connectivity index (χ0n) is 11.3. The van der Waals surface area contributed by atoms with Gasteiger partial charge in [0.2, 0.25) is 0 Å². The first kappa shape index (κ1) is 12.8. The number of nitrogens with two attached hydrogens (primary N) is 1. The summed E-state index contributed by atoms with van der Waals surface area (Å²) >= 11 is 0. The molecule has 0 aliphatic carbocycles. The number of para-hydroxylation sites is 2. The third-order valence-corrected chi connectivity index (χ3v) is 3.57. The monoisotopic (exact) mass is 269 g/mol. The van der Waals surface area contributed by atoms with Gasteiger partial charge in [-0.25, -0.2) is 9.37 Å². The van der Waals surface area contributed by atoms with Gasteiger partial charge in [0, 0.05) is 25.6 Å². The Morgan fingerprint density at radius 3 is 2.75 bits per heavy atom. The van der Waals surface area contributed by atoms with Crippen LogP contribution in [0.2, 0.25) is 0 Å². The first-order valence-electron chi connectivity index (χ1n) is 6.56. The fourth-order valence-electron chi connectivity index (χ4n) is 2.43. The number of halogens is 1. The maximum atomic E-state index is 13.5. The van der Waals surface area contributed by atoms with Crippen LogP contribution in [-0.4, -0.2) is 9.55 Å². The molecule has 20 heavy (non-hydrogen) atoms. The summed E-state index contributed by atoms with van der Waals surface area (Å²) in [6.45, 7) is 0.211. The summed E-state index contributed by atoms with van der Waals surface area (Å²) in [6, 6.07) is 13.1. The molecule has 4 heteroatoms. The number of rotatable bonds is 3. The van der Waals surface area contributed by atoms with Crippen molar-refractivity contribution in [3.8, 4) is 0 Å². The topological polar surface area (TPSA) is 43.8 Å². The predicted molar refractivity (Wildman–Crippen MR) is 77.8 cm³/mol. The van der Waals surface area contributed by atoms with E-state index in [2.05, 4.69) is 9.55 Å². The summed E-state index contributed by atoms with van der Waals surface area (Å²) in [5, 5.41) is 0. The van der Waals surface area contributed by atoms with E-state index in [1.54, 1.807) is 6.07 Å². The van der Waals surface area contributed by atoms with Crippen LogP contribution < -0.4 is 5.73 Å². The Hall–Kier alpha value is -2.20. The number of benzene rings is 2. The third kappa shape index (κ3) is 2.18. The van der Waals surface area contributed by atoms with Gasteiger partial charge in [0.05, 0.1) is 11.0 Å². The fourth-order valence-corrected chi connectivity index (χ4v) is 2.43. The highest BCUT2D eigenvalue weighted by Gasteiger charge is 2.09. The molecule has 0 saturated carbocycles. The lowest BCUT2D eigenvalue weighted by Gasteiger charge is -2.06. The Labute approximate surface area is 116 Å². The number of hydrogen-bond acceptors (Lipinski definition) is 2. The van der Waals surface area contributed by atoms with Crippen LogP contribution in [0.15, 0.2) is 42.5 Å². The Bertz CT molecular complexity index is 762. The van der Waals surface area contributed by atoms with E-state index in [1.807, 2.05) is 37.4 Å². The second kappa shape index (κ2) is 5.06. The zero-order chi connectivity index (χ0) is 14.1. The van der Waals surface area contributed by atoms with Gasteiger partial charge in [-0.05, 0) is 23.8 Å². The van der Waals surface area contributed by atoms with Gasteiger partial charge in [0.25, 0.3) is 0 Å². The molecule has 0 fully saturated rings. The van der Waals surface area contributed by atoms with Crippen molar-refractivity contribution in [1.82, 2.24) is 9.55 Å². The van der Waals surface area contributed by atoms with E-state index in [0.29, 0.717) is 12.0 Å². The minimum Gasteiger partial charge on any atom is -0.331 e. The molecule has 3 aromatic rings. The van der Waals surface area contributed by atoms with E-state index in [4.69, 9.17) is 5.73 Å². The highest BCUT2D eigenvalue weighted by atomic mass is 19.1. The first-order chi connectivity index (χ1) is 9.69. The molecule has 0 aliphatic heterocycles. The molecule has 1 aromatic heterocycles. The zero-order valence-corrected chi connectivity index (χ0v) is 11.3. The maximum absolute atomic E-state index is 13.5. The van der Waals surface area contributed by atoms with Crippen molar-refractivity contribution in [1.29, 1.82) is 0 Å². The number of nitrogens with zero attached hydrogens (tertiary/aromatic N) is 2. The summed E-state index contributed by atoms with van der Waals surface area (Å²) in [5.74, 6) is 0.710. The number of imidazole rings is 1. The van der Waals surface area contributed by atoms with Crippen molar-refractivity contribution in [2.75, 3.05) is 0 Å². The van der Waals surface area contributed by atoms with Crippen molar-refractivity contribution >= 4 is 11.0 Å². The van der Waals surface area contributed by atoms with Crippen molar-refractivity contribution in [3.63, 3.8) is 0 Å². The van der Waals surface area contributed by atoms with E-state index in [1.165, 1.54) is 6.07 Å². The molecule has 0 amide bonds. The molecule has 2 aromatic carbocycles. The molecular formula is C16H16FN3. The summed E-state index contributed by atoms with van der Waals surface area (Å²) in [5.41, 5.74) is 9.18. The number of aromatic nitrogens is 2. The third-order valence-electron chi connectivity index (χ3n) is 3.57. The number of fused-ring (bicyclic) bond motifs is 1. The largest absolute Gasteiger partial charge is 0.331 e. The minimum atomic E-state index is -0.249. The van der Waals surface area contributed by atoms with Gasteiger partial charge in [-0.2, -0.15) is 0 Å². The van der Waals surface area contributed by atoms with Gasteiger partial charge in [-0.15, -0.1) is 0 Å². The van der Waals surface area contributed by atoms with Crippen LogP contribution in [0.5, 0.6) is 0 Å². The van der Waals surface area contributed by atoms with Gasteiger partial charge in [-0.3, -0.25) is 0 Å². The number of hydrogen-bond donors (Lipinski definition) is 1. The van der Waals surface area contributed by atoms with Gasteiger partial charge < -0.3 is 10.3 Å². The van der Waals surface area contributed by atoms with E-state index >= 15 is 0 Å². The number of aryl methyl sites for hydroxylation is 1. The minimum absolute atomic E-state index is 0.211. The van der Waals surface area contributed by atoms with Crippen molar-refractivity contribution in [3.05, 3.63) is 65.2 Å². The normalized spacial score (nSPS) is 11.2. The Kier molecular flexibility index (Phi) is 3.24. The van der Waals surface area contributed by atoms with Crippen LogP contribution in [-0.2, 0) is 20.0 Å². The Morgan fingerprint density at radius 1 is 1.20 bits per heavy atom. The molecule has 0 bridgehead atoms. The standard InChI is InChI=1S/C16H16FN3/c1-20-15-5-3-2-4-14(15)19-16(20)9-11-6-7-13(17)12(8-11)10-18/h2-8H,9-10,18H2,1H3. The molecule has 3 nitrogen and oxygen atoms in total. The van der Waals surface area contributed by atoms with Crippen molar-refractivity contribution in [2.45, 2.75) is 13.0 Å². The summed E-state index contributed by atoms with van der Waals surface area (Å²) in [4.78, 5) is 4.62. The average molecular weight is 269 g/mol. The quantitative estimate of drug-likeness (QED) is 0.794. The lowest BCUT2D eigenvalue weighted by atomic mass is 10.1. The van der Waals surface area contributed by atoms with E-state index in [9.17, 15) is 4.39 Å². The predicted octanol–water partition coefficient (Wildman–Crippen LogP) is 2.76. The van der Waals surface area contributed by atoms with E-state index < -0.39 is 0 Å². The molecule has 102 valence electrons. The molecule has 0 aliphatic rings. The summed E-state index contributed by atoms with van der Waals surface area (Å²) in [6.07, 6.45) is 0.665. The lowest BCUT2D eigenvalue weighted by Crippen LogP contribution is -2.03. The lowest BCUT2D eigenvalue weighted by molar-refractivity contribution is 0.609. The van der Waals surface area contributed by atoms with Crippen LogP contribution in [0.4, 0.5) is 4.39 Å². The smallest absolute Gasteiger partial charge is 0.127 e. The Balaban J connectivity index is 1.99. The molecule has 0 atom stereocenters. The van der Waals surface area contributed by atoms with Gasteiger partial charge in [0.15, 0.2) is 0 Å². The summed E-state index contributed by atoms with van der Waals surface area (Å²) < 4.78 is 15.5. The average Bonchev–Trinajstić information content (AvgIpc) is 2.78. The second-order valence-corrected chi connectivity index (χ2v) is 4.88. The molecule has 1 heterocycles. The fraction of sp³-hybridized carbons (Fsp3) is 0.188.